The van der Waals surface area contributed by atoms with Crippen molar-refractivity contribution in [1.29, 1.82) is 0 Å². The van der Waals surface area contributed by atoms with Crippen molar-refractivity contribution in [2.75, 3.05) is 24.5 Å². The van der Waals surface area contributed by atoms with Crippen molar-refractivity contribution in [2.45, 2.75) is 19.3 Å². The average Bonchev–Trinajstić information content (AvgIpc) is 2.70. The van der Waals surface area contributed by atoms with Crippen LogP contribution in [0.5, 0.6) is 0 Å². The maximum absolute atomic E-state index is 12.5. The first-order valence-electron chi connectivity index (χ1n) is 6.11. The largest absolute Gasteiger partial charge is 0.317 e. The minimum absolute atomic E-state index is 0.117. The molecule has 3 heterocycles. The van der Waals surface area contributed by atoms with Crippen LogP contribution in [0.25, 0.3) is 0 Å². The van der Waals surface area contributed by atoms with Gasteiger partial charge in [0.2, 0.25) is 5.91 Å². The van der Waals surface area contributed by atoms with E-state index in [4.69, 9.17) is 0 Å². The summed E-state index contributed by atoms with van der Waals surface area (Å²) in [5, 5.41) is 10.9. The number of nitrogens with zero attached hydrogens (tertiary/aromatic N) is 3. The van der Waals surface area contributed by atoms with Crippen molar-refractivity contribution in [3.05, 3.63) is 18.5 Å². The van der Waals surface area contributed by atoms with Crippen molar-refractivity contribution >= 4 is 11.6 Å². The van der Waals surface area contributed by atoms with Gasteiger partial charge in [0.1, 0.15) is 0 Å². The maximum atomic E-state index is 12.5. The summed E-state index contributed by atoms with van der Waals surface area (Å²) in [5.41, 5.74) is 0.759. The Kier molecular flexibility index (Phi) is 2.55. The van der Waals surface area contributed by atoms with Crippen LogP contribution >= 0.6 is 0 Å². The number of hydrogen-bond donors (Lipinski definition) is 1. The molecule has 0 saturated carbocycles. The highest BCUT2D eigenvalue weighted by Gasteiger charge is 2.47. The first kappa shape index (κ1) is 10.7. The van der Waals surface area contributed by atoms with E-state index in [1.165, 1.54) is 0 Å². The van der Waals surface area contributed by atoms with Crippen LogP contribution in [-0.4, -0.2) is 35.7 Å². The molecule has 17 heavy (non-hydrogen) atoms. The third-order valence-electron chi connectivity index (χ3n) is 3.95. The summed E-state index contributed by atoms with van der Waals surface area (Å²) >= 11 is 0. The molecule has 1 spiro atoms. The zero-order valence-electron chi connectivity index (χ0n) is 9.72. The second-order valence-corrected chi connectivity index (χ2v) is 4.84. The number of carbonyl (C=O) groups is 1. The lowest BCUT2D eigenvalue weighted by molar-refractivity contribution is -0.126. The summed E-state index contributed by atoms with van der Waals surface area (Å²) in [6.45, 7) is 2.72. The van der Waals surface area contributed by atoms with E-state index in [-0.39, 0.29) is 11.3 Å². The standard InChI is InChI=1S/C12H16N4O/c17-11-12(2-6-13-7-3-12)4-8-16(11)10-1-5-14-15-9-10/h1,5,9,13H,2-4,6-8H2. The topological polar surface area (TPSA) is 58.1 Å². The molecule has 1 N–H and O–H groups in total. The van der Waals surface area contributed by atoms with Crippen molar-refractivity contribution < 1.29 is 4.79 Å². The lowest BCUT2D eigenvalue weighted by Crippen LogP contribution is -2.42. The van der Waals surface area contributed by atoms with Gasteiger partial charge in [0.05, 0.1) is 23.5 Å². The van der Waals surface area contributed by atoms with Gasteiger partial charge in [0.25, 0.3) is 0 Å². The van der Waals surface area contributed by atoms with Gasteiger partial charge in [-0.2, -0.15) is 10.2 Å². The molecule has 2 fully saturated rings. The van der Waals surface area contributed by atoms with Crippen LogP contribution in [-0.2, 0) is 4.79 Å². The van der Waals surface area contributed by atoms with Crippen LogP contribution in [0.4, 0.5) is 5.69 Å². The molecule has 5 heteroatoms. The van der Waals surface area contributed by atoms with Crippen LogP contribution < -0.4 is 10.2 Å². The number of nitrogens with one attached hydrogen (secondary N) is 1. The lowest BCUT2D eigenvalue weighted by atomic mass is 9.78. The van der Waals surface area contributed by atoms with Crippen LogP contribution in [0.15, 0.2) is 18.5 Å². The number of hydrogen-bond acceptors (Lipinski definition) is 4. The second kappa shape index (κ2) is 4.07. The number of aromatic nitrogens is 2. The molecule has 2 aliphatic heterocycles. The molecule has 5 nitrogen and oxygen atoms in total. The molecule has 90 valence electrons. The third kappa shape index (κ3) is 1.70. The normalized spacial score (nSPS) is 23.3. The maximum Gasteiger partial charge on any atom is 0.233 e. The summed E-state index contributed by atoms with van der Waals surface area (Å²) in [5.74, 6) is 0.270. The molecular formula is C12H16N4O. The van der Waals surface area contributed by atoms with Gasteiger partial charge < -0.3 is 10.2 Å². The molecule has 1 aromatic heterocycles. The number of piperidine rings is 1. The molecule has 3 rings (SSSR count). The van der Waals surface area contributed by atoms with Crippen LogP contribution in [0.2, 0.25) is 0 Å². The van der Waals surface area contributed by atoms with E-state index < -0.39 is 0 Å². The Morgan fingerprint density at radius 3 is 2.76 bits per heavy atom. The van der Waals surface area contributed by atoms with E-state index in [9.17, 15) is 4.79 Å². The molecule has 0 atom stereocenters. The molecule has 0 unspecified atom stereocenters. The van der Waals surface area contributed by atoms with Gasteiger partial charge in [-0.1, -0.05) is 0 Å². The van der Waals surface area contributed by atoms with Gasteiger partial charge in [-0.25, -0.2) is 0 Å². The number of carbonyl (C=O) groups excluding carboxylic acids is 1. The van der Waals surface area contributed by atoms with Crippen molar-refractivity contribution in [3.63, 3.8) is 0 Å². The highest BCUT2D eigenvalue weighted by molar-refractivity contribution is 5.99. The van der Waals surface area contributed by atoms with Gasteiger partial charge in [-0.15, -0.1) is 0 Å². The molecule has 1 aromatic rings. The van der Waals surface area contributed by atoms with Crippen molar-refractivity contribution in [2.24, 2.45) is 5.41 Å². The minimum Gasteiger partial charge on any atom is -0.317 e. The van der Waals surface area contributed by atoms with Crippen LogP contribution in [0, 0.1) is 5.41 Å². The quantitative estimate of drug-likeness (QED) is 0.769. The van der Waals surface area contributed by atoms with Crippen LogP contribution in [0.1, 0.15) is 19.3 Å². The van der Waals surface area contributed by atoms with E-state index in [1.807, 2.05) is 11.0 Å². The van der Waals surface area contributed by atoms with Gasteiger partial charge in [0, 0.05) is 6.54 Å². The van der Waals surface area contributed by atoms with E-state index in [1.54, 1.807) is 12.4 Å². The van der Waals surface area contributed by atoms with Crippen molar-refractivity contribution in [3.8, 4) is 0 Å². The van der Waals surface area contributed by atoms with Crippen LogP contribution in [0.3, 0.4) is 0 Å². The Hall–Kier alpha value is -1.49. The predicted molar refractivity (Wildman–Crippen MR) is 63.5 cm³/mol. The Morgan fingerprint density at radius 2 is 2.06 bits per heavy atom. The van der Waals surface area contributed by atoms with E-state index in [0.29, 0.717) is 0 Å². The van der Waals surface area contributed by atoms with Gasteiger partial charge >= 0.3 is 0 Å². The average molecular weight is 232 g/mol. The molecule has 1 amide bonds. The molecule has 2 aliphatic rings. The highest BCUT2D eigenvalue weighted by atomic mass is 16.2. The Bertz CT molecular complexity index is 414. The molecule has 0 aliphatic carbocycles. The zero-order valence-corrected chi connectivity index (χ0v) is 9.72. The lowest BCUT2D eigenvalue weighted by Gasteiger charge is -2.31. The first-order valence-corrected chi connectivity index (χ1v) is 6.11. The second-order valence-electron chi connectivity index (χ2n) is 4.84. The Labute approximate surface area is 100 Å². The van der Waals surface area contributed by atoms with E-state index >= 15 is 0 Å². The zero-order chi connectivity index (χ0) is 11.7. The van der Waals surface area contributed by atoms with E-state index in [2.05, 4.69) is 15.5 Å². The molecule has 0 bridgehead atoms. The monoisotopic (exact) mass is 232 g/mol. The molecule has 2 saturated heterocycles. The smallest absolute Gasteiger partial charge is 0.233 e. The van der Waals surface area contributed by atoms with Crippen molar-refractivity contribution in [1.82, 2.24) is 15.5 Å². The SMILES string of the molecule is O=C1N(c2ccnnc2)CCC12CCNCC2. The summed E-state index contributed by atoms with van der Waals surface area (Å²) in [6, 6.07) is 1.85. The third-order valence-corrected chi connectivity index (χ3v) is 3.95. The van der Waals surface area contributed by atoms with Gasteiger partial charge in [0.15, 0.2) is 0 Å². The Morgan fingerprint density at radius 1 is 1.24 bits per heavy atom. The predicted octanol–water partition coefficient (Wildman–Crippen LogP) is 0.583. The fourth-order valence-corrected chi connectivity index (χ4v) is 2.88. The highest BCUT2D eigenvalue weighted by Crippen LogP contribution is 2.41. The summed E-state index contributed by atoms with van der Waals surface area (Å²) < 4.78 is 0. The Balaban J connectivity index is 1.85. The van der Waals surface area contributed by atoms with Gasteiger partial charge in [-0.05, 0) is 38.4 Å². The first-order chi connectivity index (χ1) is 8.32. The number of rotatable bonds is 1. The summed E-state index contributed by atoms with van der Waals surface area (Å²) in [4.78, 5) is 14.4. The van der Waals surface area contributed by atoms with Gasteiger partial charge in [-0.3, -0.25) is 4.79 Å². The number of anilines is 1. The molecular weight excluding hydrogens is 216 g/mol. The fourth-order valence-electron chi connectivity index (χ4n) is 2.88. The summed E-state index contributed by atoms with van der Waals surface area (Å²) in [7, 11) is 0. The molecule has 0 radical (unpaired) electrons. The fraction of sp³-hybridized carbons (Fsp3) is 0.583. The minimum atomic E-state index is -0.117. The van der Waals surface area contributed by atoms with E-state index in [0.717, 1.165) is 44.6 Å². The number of amides is 1. The summed E-state index contributed by atoms with van der Waals surface area (Å²) in [6.07, 6.45) is 6.19. The molecule has 0 aromatic carbocycles.